The van der Waals surface area contributed by atoms with Crippen molar-refractivity contribution >= 4 is 10.8 Å². The van der Waals surface area contributed by atoms with E-state index in [1.54, 1.807) is 0 Å². The molecule has 0 aliphatic carbocycles. The maximum atomic E-state index is 11.1. The normalized spacial score (nSPS) is 36.9. The minimum absolute atomic E-state index is 0.0324. The van der Waals surface area contributed by atoms with E-state index in [1.807, 2.05) is 20.8 Å². The van der Waals surface area contributed by atoms with Gasteiger partial charge in [0, 0.05) is 5.25 Å². The van der Waals surface area contributed by atoms with E-state index in [0.29, 0.717) is 0 Å². The molecule has 54 valence electrons. The van der Waals surface area contributed by atoms with Crippen LogP contribution in [-0.2, 0) is 15.5 Å². The van der Waals surface area contributed by atoms with E-state index < -0.39 is 10.8 Å². The Labute approximate surface area is 58.0 Å². The van der Waals surface area contributed by atoms with Gasteiger partial charge >= 0.3 is 0 Å². The van der Waals surface area contributed by atoms with Crippen LogP contribution >= 0.6 is 0 Å². The highest BCUT2D eigenvalue weighted by Gasteiger charge is 2.40. The van der Waals surface area contributed by atoms with E-state index in [1.165, 1.54) is 0 Å². The van der Waals surface area contributed by atoms with Crippen LogP contribution in [0.5, 0.6) is 0 Å². The monoisotopic (exact) mass is 148 g/mol. The van der Waals surface area contributed by atoms with Crippen molar-refractivity contribution < 1.29 is 8.95 Å². The molecular weight excluding hydrogens is 136 g/mol. The van der Waals surface area contributed by atoms with Gasteiger partial charge in [-0.1, -0.05) is 13.8 Å². The molecule has 1 aliphatic rings. The summed E-state index contributed by atoms with van der Waals surface area (Å²) in [6, 6.07) is 0. The molecule has 0 spiro atoms. The average molecular weight is 148 g/mol. The zero-order valence-corrected chi connectivity index (χ0v) is 6.77. The number of hydrogen-bond donors (Lipinski definition) is 0. The molecule has 1 saturated heterocycles. The van der Waals surface area contributed by atoms with E-state index in [9.17, 15) is 4.21 Å². The van der Waals surface area contributed by atoms with Crippen LogP contribution in [0.2, 0.25) is 0 Å². The molecule has 2 nitrogen and oxygen atoms in total. The van der Waals surface area contributed by atoms with Gasteiger partial charge in [0.25, 0.3) is 0 Å². The van der Waals surface area contributed by atoms with Crippen molar-refractivity contribution in [2.75, 3.05) is 0 Å². The summed E-state index contributed by atoms with van der Waals surface area (Å²) < 4.78 is 16.1. The first kappa shape index (κ1) is 7.22. The van der Waals surface area contributed by atoms with E-state index in [0.717, 1.165) is 0 Å². The van der Waals surface area contributed by atoms with E-state index in [2.05, 4.69) is 0 Å². The third kappa shape index (κ3) is 1.52. The summed E-state index contributed by atoms with van der Waals surface area (Å²) in [5.41, 5.74) is 0.0324. The largest absolute Gasteiger partial charge is 0.356 e. The van der Waals surface area contributed by atoms with Gasteiger partial charge in [0.15, 0.2) is 5.44 Å². The number of ether oxygens (including phenoxy) is 1. The molecule has 1 heterocycles. The van der Waals surface area contributed by atoms with E-state index in [-0.39, 0.29) is 16.8 Å². The fourth-order valence-electron chi connectivity index (χ4n) is 0.678. The Morgan fingerprint density at radius 2 is 2.00 bits per heavy atom. The number of epoxide rings is 1. The van der Waals surface area contributed by atoms with Crippen molar-refractivity contribution in [3.63, 3.8) is 0 Å². The van der Waals surface area contributed by atoms with E-state index >= 15 is 0 Å². The van der Waals surface area contributed by atoms with Crippen LogP contribution in [0.25, 0.3) is 0 Å². The summed E-state index contributed by atoms with van der Waals surface area (Å²) in [5.74, 6) is 0. The topological polar surface area (TPSA) is 29.6 Å². The average Bonchev–Trinajstić information content (AvgIpc) is 2.44. The Morgan fingerprint density at radius 3 is 2.11 bits per heavy atom. The highest BCUT2D eigenvalue weighted by atomic mass is 32.2. The summed E-state index contributed by atoms with van der Waals surface area (Å²) in [7, 11) is -0.765. The molecule has 1 rings (SSSR count). The van der Waals surface area contributed by atoms with Crippen LogP contribution in [0.1, 0.15) is 20.8 Å². The molecule has 3 heteroatoms. The van der Waals surface area contributed by atoms with Gasteiger partial charge in [0.2, 0.25) is 0 Å². The zero-order valence-electron chi connectivity index (χ0n) is 5.96. The molecule has 0 N–H and O–H groups in total. The molecule has 1 aliphatic heterocycles. The molecule has 9 heavy (non-hydrogen) atoms. The highest BCUT2D eigenvalue weighted by molar-refractivity contribution is 7.86. The van der Waals surface area contributed by atoms with Crippen LogP contribution in [0.3, 0.4) is 0 Å². The number of rotatable bonds is 2. The van der Waals surface area contributed by atoms with Crippen LogP contribution in [0, 0.1) is 0 Å². The van der Waals surface area contributed by atoms with Crippen molar-refractivity contribution in [3.05, 3.63) is 0 Å². The molecule has 1 fully saturated rings. The predicted molar refractivity (Wildman–Crippen MR) is 37.6 cm³/mol. The second-order valence-electron chi connectivity index (χ2n) is 2.59. The smallest absolute Gasteiger partial charge is 0.158 e. The molecule has 0 aromatic rings. The third-order valence-electron chi connectivity index (χ3n) is 1.35. The fraction of sp³-hybridized carbons (Fsp3) is 1.00. The van der Waals surface area contributed by atoms with Crippen molar-refractivity contribution in [3.8, 4) is 0 Å². The van der Waals surface area contributed by atoms with Crippen molar-refractivity contribution in [1.29, 1.82) is 0 Å². The van der Waals surface area contributed by atoms with Crippen molar-refractivity contribution in [2.45, 2.75) is 37.6 Å². The molecule has 0 radical (unpaired) electrons. The fourth-order valence-corrected chi connectivity index (χ4v) is 1.88. The van der Waals surface area contributed by atoms with Gasteiger partial charge < -0.3 is 4.74 Å². The Morgan fingerprint density at radius 1 is 1.56 bits per heavy atom. The van der Waals surface area contributed by atoms with Crippen LogP contribution in [-0.4, -0.2) is 21.0 Å². The van der Waals surface area contributed by atoms with Gasteiger partial charge in [-0.25, -0.2) is 0 Å². The van der Waals surface area contributed by atoms with Crippen LogP contribution in [0.15, 0.2) is 0 Å². The first-order valence-electron chi connectivity index (χ1n) is 3.17. The first-order valence-corrected chi connectivity index (χ1v) is 4.45. The van der Waals surface area contributed by atoms with Gasteiger partial charge in [0.1, 0.15) is 0 Å². The second kappa shape index (κ2) is 2.39. The lowest BCUT2D eigenvalue weighted by Gasteiger charge is -1.98. The number of hydrogen-bond acceptors (Lipinski definition) is 2. The highest BCUT2D eigenvalue weighted by Crippen LogP contribution is 2.26. The van der Waals surface area contributed by atoms with E-state index in [4.69, 9.17) is 4.74 Å². The molecular formula is C6H12O2S. The molecule has 3 atom stereocenters. The Balaban J connectivity index is 2.36. The standard InChI is InChI=1S/C6H12O2S/c1-4(2)9(7)6-5(3)8-6/h4-6H,1-3H3. The maximum Gasteiger partial charge on any atom is 0.158 e. The minimum atomic E-state index is -0.765. The SMILES string of the molecule is CC1OC1S(=O)C(C)C. The first-order chi connectivity index (χ1) is 4.13. The van der Waals surface area contributed by atoms with Gasteiger partial charge in [0.05, 0.1) is 16.9 Å². The summed E-state index contributed by atoms with van der Waals surface area (Å²) in [6.45, 7) is 5.85. The lowest BCUT2D eigenvalue weighted by atomic mass is 10.6. The molecule has 0 aromatic heterocycles. The quantitative estimate of drug-likeness (QED) is 0.544. The molecule has 0 bridgehead atoms. The molecule has 0 saturated carbocycles. The second-order valence-corrected chi connectivity index (χ2v) is 4.65. The van der Waals surface area contributed by atoms with Gasteiger partial charge in [-0.15, -0.1) is 0 Å². The summed E-state index contributed by atoms with van der Waals surface area (Å²) >= 11 is 0. The Bertz CT molecular complexity index is 133. The van der Waals surface area contributed by atoms with Crippen LogP contribution < -0.4 is 0 Å². The van der Waals surface area contributed by atoms with Crippen molar-refractivity contribution in [2.24, 2.45) is 0 Å². The lowest BCUT2D eigenvalue weighted by Crippen LogP contribution is -2.12. The van der Waals surface area contributed by atoms with Gasteiger partial charge in [-0.05, 0) is 6.92 Å². The van der Waals surface area contributed by atoms with Crippen LogP contribution in [0.4, 0.5) is 0 Å². The molecule has 3 unspecified atom stereocenters. The molecule has 0 aromatic carbocycles. The molecule has 0 amide bonds. The maximum absolute atomic E-state index is 11.1. The third-order valence-corrected chi connectivity index (χ3v) is 3.23. The minimum Gasteiger partial charge on any atom is -0.356 e. The predicted octanol–water partition coefficient (Wildman–Crippen LogP) is 0.888. The zero-order chi connectivity index (χ0) is 7.02. The summed E-state index contributed by atoms with van der Waals surface area (Å²) in [4.78, 5) is 0. The Hall–Kier alpha value is 0.110. The van der Waals surface area contributed by atoms with Crippen molar-refractivity contribution in [1.82, 2.24) is 0 Å². The van der Waals surface area contributed by atoms with Gasteiger partial charge in [-0.2, -0.15) is 0 Å². The Kier molecular flexibility index (Phi) is 1.91. The summed E-state index contributed by atoms with van der Waals surface area (Å²) in [5, 5.41) is 0.236. The lowest BCUT2D eigenvalue weighted by molar-refractivity contribution is 0.410. The summed E-state index contributed by atoms with van der Waals surface area (Å²) in [6.07, 6.45) is 0.230. The van der Waals surface area contributed by atoms with Gasteiger partial charge in [-0.3, -0.25) is 4.21 Å².